The third kappa shape index (κ3) is 5.63. The number of H-pyrrole nitrogens is 1. The highest BCUT2D eigenvalue weighted by molar-refractivity contribution is 5.86. The number of carbonyl (C=O) groups is 1. The molecule has 29 heavy (non-hydrogen) atoms. The first kappa shape index (κ1) is 20.5. The maximum atomic E-state index is 11.9. The fraction of sp³-hybridized carbons (Fsp3) is 0.364. The second kappa shape index (κ2) is 9.82. The molecule has 0 unspecified atom stereocenters. The number of rotatable bonds is 8. The summed E-state index contributed by atoms with van der Waals surface area (Å²) in [6, 6.07) is 10.1. The maximum Gasteiger partial charge on any atom is 0.243 e. The van der Waals surface area contributed by atoms with Crippen molar-refractivity contribution in [3.63, 3.8) is 0 Å². The van der Waals surface area contributed by atoms with E-state index >= 15 is 0 Å². The Morgan fingerprint density at radius 1 is 1.14 bits per heavy atom. The smallest absolute Gasteiger partial charge is 0.243 e. The molecular weight excluding hydrogens is 366 g/mol. The standard InChI is InChI=1S/C22H29N5O2/c1-16-6-4-8-19-17(14-25-21(16)19)9-11-23-22(26-15-20(28)27(2)3)24-12-10-18-7-5-13-29-18/h4-8,13-14,25H,9-12,15H2,1-3H3,(H2,23,24,26). The Bertz CT molecular complexity index is 957. The van der Waals surface area contributed by atoms with E-state index in [9.17, 15) is 4.79 Å². The van der Waals surface area contributed by atoms with Gasteiger partial charge in [0.15, 0.2) is 5.96 Å². The van der Waals surface area contributed by atoms with Crippen LogP contribution >= 0.6 is 0 Å². The first-order chi connectivity index (χ1) is 14.0. The first-order valence-electron chi connectivity index (χ1n) is 9.85. The summed E-state index contributed by atoms with van der Waals surface area (Å²) in [7, 11) is 3.46. The van der Waals surface area contributed by atoms with Crippen LogP contribution in [-0.2, 0) is 17.6 Å². The van der Waals surface area contributed by atoms with Gasteiger partial charge in [-0.25, -0.2) is 4.99 Å². The largest absolute Gasteiger partial charge is 0.469 e. The van der Waals surface area contributed by atoms with Gasteiger partial charge in [-0.3, -0.25) is 4.79 Å². The van der Waals surface area contributed by atoms with Crippen LogP contribution < -0.4 is 10.6 Å². The first-order valence-corrected chi connectivity index (χ1v) is 9.85. The molecule has 0 radical (unpaired) electrons. The summed E-state index contributed by atoms with van der Waals surface area (Å²) >= 11 is 0. The fourth-order valence-electron chi connectivity index (χ4n) is 3.11. The molecule has 0 saturated heterocycles. The molecule has 0 aliphatic rings. The van der Waals surface area contributed by atoms with Crippen LogP contribution in [0.5, 0.6) is 0 Å². The van der Waals surface area contributed by atoms with Crippen molar-refractivity contribution in [2.75, 3.05) is 33.7 Å². The lowest BCUT2D eigenvalue weighted by Crippen LogP contribution is -2.40. The zero-order valence-electron chi connectivity index (χ0n) is 17.3. The van der Waals surface area contributed by atoms with Crippen LogP contribution in [0, 0.1) is 6.92 Å². The van der Waals surface area contributed by atoms with E-state index in [0.717, 1.165) is 18.6 Å². The number of aromatic amines is 1. The monoisotopic (exact) mass is 395 g/mol. The van der Waals surface area contributed by atoms with Gasteiger partial charge in [-0.15, -0.1) is 0 Å². The van der Waals surface area contributed by atoms with Gasteiger partial charge in [0.1, 0.15) is 12.3 Å². The molecule has 0 spiro atoms. The highest BCUT2D eigenvalue weighted by atomic mass is 16.3. The van der Waals surface area contributed by atoms with Crippen LogP contribution in [0.25, 0.3) is 10.9 Å². The molecular formula is C22H29N5O2. The summed E-state index contributed by atoms with van der Waals surface area (Å²) in [5, 5.41) is 7.86. The number of para-hydroxylation sites is 1. The second-order valence-electron chi connectivity index (χ2n) is 7.20. The van der Waals surface area contributed by atoms with Gasteiger partial charge in [0, 0.05) is 50.7 Å². The van der Waals surface area contributed by atoms with Gasteiger partial charge in [0.2, 0.25) is 5.91 Å². The van der Waals surface area contributed by atoms with Crippen molar-refractivity contribution < 1.29 is 9.21 Å². The molecule has 7 heteroatoms. The molecule has 0 bridgehead atoms. The molecule has 0 saturated carbocycles. The second-order valence-corrected chi connectivity index (χ2v) is 7.20. The molecule has 2 aromatic heterocycles. The Morgan fingerprint density at radius 3 is 2.66 bits per heavy atom. The van der Waals surface area contributed by atoms with Crippen LogP contribution in [0.1, 0.15) is 16.9 Å². The van der Waals surface area contributed by atoms with Crippen molar-refractivity contribution in [1.82, 2.24) is 20.5 Å². The number of carbonyl (C=O) groups excluding carboxylic acids is 1. The van der Waals surface area contributed by atoms with Gasteiger partial charge in [0.25, 0.3) is 0 Å². The zero-order valence-corrected chi connectivity index (χ0v) is 17.3. The van der Waals surface area contributed by atoms with E-state index in [1.165, 1.54) is 26.9 Å². The van der Waals surface area contributed by atoms with E-state index in [1.807, 2.05) is 12.1 Å². The summed E-state index contributed by atoms with van der Waals surface area (Å²) in [5.41, 5.74) is 3.69. The lowest BCUT2D eigenvalue weighted by atomic mass is 10.1. The Balaban J connectivity index is 1.58. The van der Waals surface area contributed by atoms with Gasteiger partial charge in [-0.05, 0) is 36.6 Å². The van der Waals surface area contributed by atoms with Gasteiger partial charge < -0.3 is 24.9 Å². The minimum absolute atomic E-state index is 0.0377. The molecule has 154 valence electrons. The van der Waals surface area contributed by atoms with E-state index in [2.05, 4.69) is 51.9 Å². The van der Waals surface area contributed by atoms with Gasteiger partial charge in [-0.2, -0.15) is 0 Å². The molecule has 3 N–H and O–H groups in total. The van der Waals surface area contributed by atoms with Gasteiger partial charge in [-0.1, -0.05) is 18.2 Å². The number of benzene rings is 1. The quantitative estimate of drug-likeness (QED) is 0.404. The number of nitrogens with zero attached hydrogens (tertiary/aromatic N) is 2. The van der Waals surface area contributed by atoms with Crippen LogP contribution in [0.15, 0.2) is 52.2 Å². The van der Waals surface area contributed by atoms with Crippen LogP contribution in [0.4, 0.5) is 0 Å². The maximum absolute atomic E-state index is 11.9. The van der Waals surface area contributed by atoms with Crippen molar-refractivity contribution >= 4 is 22.8 Å². The van der Waals surface area contributed by atoms with Crippen molar-refractivity contribution in [3.05, 3.63) is 59.7 Å². The van der Waals surface area contributed by atoms with Crippen molar-refractivity contribution in [1.29, 1.82) is 0 Å². The molecule has 7 nitrogen and oxygen atoms in total. The molecule has 3 aromatic rings. The summed E-state index contributed by atoms with van der Waals surface area (Å²) in [4.78, 5) is 21.2. The number of nitrogens with one attached hydrogen (secondary N) is 3. The number of aromatic nitrogens is 1. The number of aryl methyl sites for hydroxylation is 1. The molecule has 0 aliphatic carbocycles. The number of amides is 1. The van der Waals surface area contributed by atoms with Crippen LogP contribution in [-0.4, -0.2) is 55.5 Å². The predicted octanol–water partition coefficient (Wildman–Crippen LogP) is 2.48. The van der Waals surface area contributed by atoms with E-state index in [-0.39, 0.29) is 12.5 Å². The zero-order chi connectivity index (χ0) is 20.6. The summed E-state index contributed by atoms with van der Waals surface area (Å²) < 4.78 is 5.36. The molecule has 1 amide bonds. The van der Waals surface area contributed by atoms with E-state index in [4.69, 9.17) is 4.42 Å². The van der Waals surface area contributed by atoms with Crippen LogP contribution in [0.2, 0.25) is 0 Å². The molecule has 2 heterocycles. The molecule has 3 rings (SSSR count). The number of hydrogen-bond acceptors (Lipinski definition) is 3. The number of likely N-dealkylation sites (N-methyl/N-ethyl adjacent to an activating group) is 1. The Kier molecular flexibility index (Phi) is 6.94. The third-order valence-corrected chi connectivity index (χ3v) is 4.81. The molecule has 0 aliphatic heterocycles. The lowest BCUT2D eigenvalue weighted by molar-refractivity contribution is -0.127. The Labute approximate surface area is 171 Å². The predicted molar refractivity (Wildman–Crippen MR) is 116 cm³/mol. The molecule has 0 atom stereocenters. The number of aliphatic imine (C=N–C) groups is 1. The fourth-order valence-corrected chi connectivity index (χ4v) is 3.11. The topological polar surface area (TPSA) is 85.7 Å². The Morgan fingerprint density at radius 2 is 1.93 bits per heavy atom. The highest BCUT2D eigenvalue weighted by Gasteiger charge is 2.07. The van der Waals surface area contributed by atoms with E-state index < -0.39 is 0 Å². The van der Waals surface area contributed by atoms with E-state index in [0.29, 0.717) is 19.0 Å². The highest BCUT2D eigenvalue weighted by Crippen LogP contribution is 2.21. The number of hydrogen-bond donors (Lipinski definition) is 3. The molecule has 0 fully saturated rings. The third-order valence-electron chi connectivity index (χ3n) is 4.81. The minimum atomic E-state index is -0.0377. The summed E-state index contributed by atoms with van der Waals surface area (Å²) in [6.45, 7) is 3.59. The van der Waals surface area contributed by atoms with Crippen molar-refractivity contribution in [2.45, 2.75) is 19.8 Å². The van der Waals surface area contributed by atoms with Crippen LogP contribution in [0.3, 0.4) is 0 Å². The number of guanidine groups is 1. The molecule has 1 aromatic carbocycles. The van der Waals surface area contributed by atoms with Gasteiger partial charge >= 0.3 is 0 Å². The SMILES string of the molecule is Cc1cccc2c(CCNC(=NCC(=O)N(C)C)NCCc3ccco3)c[nH]c12. The van der Waals surface area contributed by atoms with Gasteiger partial charge in [0.05, 0.1) is 6.26 Å². The summed E-state index contributed by atoms with van der Waals surface area (Å²) in [5.74, 6) is 1.50. The average Bonchev–Trinajstić information content (AvgIpc) is 3.36. The normalized spacial score (nSPS) is 11.6. The lowest BCUT2D eigenvalue weighted by Gasteiger charge is -2.13. The number of fused-ring (bicyclic) bond motifs is 1. The van der Waals surface area contributed by atoms with Crippen molar-refractivity contribution in [3.8, 4) is 0 Å². The summed E-state index contributed by atoms with van der Waals surface area (Å²) in [6.07, 6.45) is 5.33. The van der Waals surface area contributed by atoms with Crippen molar-refractivity contribution in [2.24, 2.45) is 4.99 Å². The minimum Gasteiger partial charge on any atom is -0.469 e. The number of furan rings is 1. The Hall–Kier alpha value is -3.22. The van der Waals surface area contributed by atoms with E-state index in [1.54, 1.807) is 20.4 Å². The average molecular weight is 396 g/mol.